The molecular formula is C11H17N7. The molecule has 0 saturated heterocycles. The Morgan fingerprint density at radius 1 is 1.39 bits per heavy atom. The van der Waals surface area contributed by atoms with Crippen LogP contribution in [0.3, 0.4) is 0 Å². The molecule has 0 aliphatic heterocycles. The molecule has 0 aliphatic carbocycles. The Morgan fingerprint density at radius 3 is 2.94 bits per heavy atom. The molecule has 2 N–H and O–H groups in total. The van der Waals surface area contributed by atoms with Crippen molar-refractivity contribution in [3.05, 3.63) is 23.9 Å². The summed E-state index contributed by atoms with van der Waals surface area (Å²) < 4.78 is 1.99. The molecule has 96 valence electrons. The number of nitrogens with one attached hydrogen (secondary N) is 2. The second kappa shape index (κ2) is 5.44. The molecule has 0 radical (unpaired) electrons. The van der Waals surface area contributed by atoms with Gasteiger partial charge in [-0.05, 0) is 13.8 Å². The van der Waals surface area contributed by atoms with Gasteiger partial charge in [-0.15, -0.1) is 10.2 Å². The summed E-state index contributed by atoms with van der Waals surface area (Å²) >= 11 is 0. The molecule has 2 rings (SSSR count). The first-order chi connectivity index (χ1) is 8.74. The van der Waals surface area contributed by atoms with Crippen LogP contribution in [0.4, 0.5) is 11.8 Å². The van der Waals surface area contributed by atoms with E-state index in [1.807, 2.05) is 11.5 Å². The maximum Gasteiger partial charge on any atom is 0.224 e. The lowest BCUT2D eigenvalue weighted by molar-refractivity contribution is 0.707. The fraction of sp³-hybridized carbons (Fsp3) is 0.455. The Kier molecular flexibility index (Phi) is 3.71. The van der Waals surface area contributed by atoms with Crippen LogP contribution in [-0.2, 0) is 13.1 Å². The lowest BCUT2D eigenvalue weighted by Gasteiger charge is -2.09. The Morgan fingerprint density at radius 2 is 2.22 bits per heavy atom. The van der Waals surface area contributed by atoms with Crippen LogP contribution in [0.2, 0.25) is 0 Å². The normalized spacial score (nSPS) is 10.4. The molecule has 7 heteroatoms. The zero-order valence-electron chi connectivity index (χ0n) is 10.8. The van der Waals surface area contributed by atoms with E-state index in [0.717, 1.165) is 23.8 Å². The van der Waals surface area contributed by atoms with Crippen LogP contribution in [0.5, 0.6) is 0 Å². The van der Waals surface area contributed by atoms with E-state index in [-0.39, 0.29) is 0 Å². The van der Waals surface area contributed by atoms with Gasteiger partial charge in [0.15, 0.2) is 5.82 Å². The molecule has 0 aromatic carbocycles. The molecule has 0 spiro atoms. The minimum Gasteiger partial charge on any atom is -0.362 e. The van der Waals surface area contributed by atoms with Crippen molar-refractivity contribution in [2.24, 2.45) is 0 Å². The predicted molar refractivity (Wildman–Crippen MR) is 69.3 cm³/mol. The lowest BCUT2D eigenvalue weighted by atomic mass is 10.3. The number of hydrogen-bond acceptors (Lipinski definition) is 6. The highest BCUT2D eigenvalue weighted by atomic mass is 15.3. The minimum absolute atomic E-state index is 0.592. The number of aryl methyl sites for hydroxylation is 2. The SMILES string of the molecule is CCn1cnnc1CNc1nc(NC)ncc1C. The summed E-state index contributed by atoms with van der Waals surface area (Å²) in [4.78, 5) is 8.50. The third kappa shape index (κ3) is 2.55. The van der Waals surface area contributed by atoms with E-state index >= 15 is 0 Å². The Hall–Kier alpha value is -2.18. The maximum absolute atomic E-state index is 4.35. The Bertz CT molecular complexity index is 520. The highest BCUT2D eigenvalue weighted by molar-refractivity contribution is 5.46. The van der Waals surface area contributed by atoms with Gasteiger partial charge in [0.05, 0.1) is 6.54 Å². The van der Waals surface area contributed by atoms with Gasteiger partial charge in [0.25, 0.3) is 0 Å². The fourth-order valence-electron chi connectivity index (χ4n) is 1.58. The largest absolute Gasteiger partial charge is 0.362 e. The molecule has 2 aromatic rings. The van der Waals surface area contributed by atoms with Gasteiger partial charge in [0, 0.05) is 25.4 Å². The summed E-state index contributed by atoms with van der Waals surface area (Å²) in [5.74, 6) is 2.29. The summed E-state index contributed by atoms with van der Waals surface area (Å²) in [5.41, 5.74) is 0.997. The lowest BCUT2D eigenvalue weighted by Crippen LogP contribution is -2.10. The van der Waals surface area contributed by atoms with Gasteiger partial charge < -0.3 is 15.2 Å². The van der Waals surface area contributed by atoms with Crippen molar-refractivity contribution in [2.75, 3.05) is 17.7 Å². The average molecular weight is 247 g/mol. The van der Waals surface area contributed by atoms with Crippen molar-refractivity contribution in [3.63, 3.8) is 0 Å². The third-order valence-corrected chi connectivity index (χ3v) is 2.65. The summed E-state index contributed by atoms with van der Waals surface area (Å²) in [7, 11) is 1.79. The molecule has 0 amide bonds. The van der Waals surface area contributed by atoms with E-state index < -0.39 is 0 Å². The quantitative estimate of drug-likeness (QED) is 0.822. The Labute approximate surface area is 106 Å². The minimum atomic E-state index is 0.592. The van der Waals surface area contributed by atoms with Crippen LogP contribution in [0, 0.1) is 6.92 Å². The second-order valence-corrected chi connectivity index (χ2v) is 3.86. The molecule has 7 nitrogen and oxygen atoms in total. The van der Waals surface area contributed by atoms with Crippen molar-refractivity contribution in [3.8, 4) is 0 Å². The molecule has 0 bridgehead atoms. The number of hydrogen-bond donors (Lipinski definition) is 2. The van der Waals surface area contributed by atoms with Gasteiger partial charge >= 0.3 is 0 Å². The van der Waals surface area contributed by atoms with Crippen molar-refractivity contribution >= 4 is 11.8 Å². The van der Waals surface area contributed by atoms with Crippen LogP contribution in [-0.4, -0.2) is 31.8 Å². The van der Waals surface area contributed by atoms with Crippen LogP contribution in [0.25, 0.3) is 0 Å². The van der Waals surface area contributed by atoms with Crippen LogP contribution >= 0.6 is 0 Å². The van der Waals surface area contributed by atoms with Gasteiger partial charge in [-0.1, -0.05) is 0 Å². The van der Waals surface area contributed by atoms with Gasteiger partial charge in [-0.2, -0.15) is 4.98 Å². The van der Waals surface area contributed by atoms with Crippen LogP contribution in [0.15, 0.2) is 12.5 Å². The van der Waals surface area contributed by atoms with Crippen LogP contribution < -0.4 is 10.6 Å². The number of aromatic nitrogens is 5. The highest BCUT2D eigenvalue weighted by Crippen LogP contribution is 2.13. The predicted octanol–water partition coefficient (Wildman–Crippen LogP) is 1.05. The van der Waals surface area contributed by atoms with Crippen LogP contribution in [0.1, 0.15) is 18.3 Å². The molecule has 0 fully saturated rings. The zero-order chi connectivity index (χ0) is 13.0. The maximum atomic E-state index is 4.35. The van der Waals surface area contributed by atoms with Gasteiger partial charge in [-0.25, -0.2) is 4.98 Å². The van der Waals surface area contributed by atoms with Gasteiger partial charge in [-0.3, -0.25) is 0 Å². The first kappa shape index (κ1) is 12.3. The first-order valence-corrected chi connectivity index (χ1v) is 5.86. The molecule has 0 saturated carbocycles. The van der Waals surface area contributed by atoms with Crippen molar-refractivity contribution < 1.29 is 0 Å². The molecular weight excluding hydrogens is 230 g/mol. The van der Waals surface area contributed by atoms with E-state index in [9.17, 15) is 0 Å². The molecule has 0 aliphatic rings. The average Bonchev–Trinajstić information content (AvgIpc) is 2.85. The standard InChI is InChI=1S/C11H17N7/c1-4-18-7-15-17-9(18)6-13-10-8(2)5-14-11(12-3)16-10/h5,7H,4,6H2,1-3H3,(H2,12,13,14,16). The van der Waals surface area contributed by atoms with Crippen molar-refractivity contribution in [1.29, 1.82) is 0 Å². The Balaban J connectivity index is 2.10. The second-order valence-electron chi connectivity index (χ2n) is 3.86. The topological polar surface area (TPSA) is 80.5 Å². The highest BCUT2D eigenvalue weighted by Gasteiger charge is 2.06. The molecule has 0 atom stereocenters. The molecule has 0 unspecified atom stereocenters. The van der Waals surface area contributed by atoms with Gasteiger partial charge in [0.2, 0.25) is 5.95 Å². The first-order valence-electron chi connectivity index (χ1n) is 5.86. The van der Waals surface area contributed by atoms with E-state index in [1.165, 1.54) is 0 Å². The third-order valence-electron chi connectivity index (χ3n) is 2.65. The zero-order valence-corrected chi connectivity index (χ0v) is 10.8. The number of anilines is 2. The summed E-state index contributed by atoms with van der Waals surface area (Å²) in [5, 5.41) is 14.1. The summed E-state index contributed by atoms with van der Waals surface area (Å²) in [6, 6.07) is 0. The number of rotatable bonds is 5. The molecule has 2 aromatic heterocycles. The van der Waals surface area contributed by atoms with E-state index in [4.69, 9.17) is 0 Å². The molecule has 18 heavy (non-hydrogen) atoms. The smallest absolute Gasteiger partial charge is 0.224 e. The molecule has 2 heterocycles. The van der Waals surface area contributed by atoms with Gasteiger partial charge in [0.1, 0.15) is 12.1 Å². The fourth-order valence-corrected chi connectivity index (χ4v) is 1.58. The number of nitrogens with zero attached hydrogens (tertiary/aromatic N) is 5. The van der Waals surface area contributed by atoms with E-state index in [2.05, 4.69) is 37.7 Å². The summed E-state index contributed by atoms with van der Waals surface area (Å²) in [6.45, 7) is 5.47. The van der Waals surface area contributed by atoms with E-state index in [1.54, 1.807) is 19.6 Å². The summed E-state index contributed by atoms with van der Waals surface area (Å²) in [6.07, 6.45) is 3.51. The monoisotopic (exact) mass is 247 g/mol. The van der Waals surface area contributed by atoms with E-state index in [0.29, 0.717) is 12.5 Å². The van der Waals surface area contributed by atoms with Crippen molar-refractivity contribution in [2.45, 2.75) is 26.9 Å². The van der Waals surface area contributed by atoms with Crippen molar-refractivity contribution in [1.82, 2.24) is 24.7 Å².